The summed E-state index contributed by atoms with van der Waals surface area (Å²) in [5.74, 6) is 0. The van der Waals surface area contributed by atoms with Crippen LogP contribution in [-0.2, 0) is 19.4 Å². The molecule has 0 bridgehead atoms. The van der Waals surface area contributed by atoms with Crippen molar-refractivity contribution in [3.63, 3.8) is 0 Å². The third kappa shape index (κ3) is 2.94. The van der Waals surface area contributed by atoms with Crippen molar-refractivity contribution in [1.29, 1.82) is 0 Å². The van der Waals surface area contributed by atoms with Crippen LogP contribution < -0.4 is 5.73 Å². The van der Waals surface area contributed by atoms with Gasteiger partial charge in [0.2, 0.25) is 0 Å². The van der Waals surface area contributed by atoms with Gasteiger partial charge in [-0.15, -0.1) is 11.3 Å². The van der Waals surface area contributed by atoms with Gasteiger partial charge in [0.05, 0.1) is 5.69 Å². The van der Waals surface area contributed by atoms with E-state index in [0.29, 0.717) is 12.6 Å². The van der Waals surface area contributed by atoms with Crippen LogP contribution in [-0.4, -0.2) is 34.5 Å². The van der Waals surface area contributed by atoms with Gasteiger partial charge in [0, 0.05) is 17.5 Å². The molecule has 1 heterocycles. The molecule has 1 atom stereocenters. The summed E-state index contributed by atoms with van der Waals surface area (Å²) in [6.07, 6.45) is 4.19. The SMILES string of the molecule is CCCN(B(C)O)C1CCc2nc(CN)sc2C1. The first kappa shape index (κ1) is 14.0. The summed E-state index contributed by atoms with van der Waals surface area (Å²) in [5, 5.41) is 10.9. The summed E-state index contributed by atoms with van der Waals surface area (Å²) in [6, 6.07) is 0.448. The third-order valence-electron chi connectivity index (χ3n) is 3.56. The molecule has 0 radical (unpaired) electrons. The quantitative estimate of drug-likeness (QED) is 0.789. The summed E-state index contributed by atoms with van der Waals surface area (Å²) in [5.41, 5.74) is 6.88. The molecule has 3 N–H and O–H groups in total. The molecular formula is C12H22BN3OS. The number of aryl methyl sites for hydroxylation is 1. The van der Waals surface area contributed by atoms with Gasteiger partial charge >= 0.3 is 7.05 Å². The third-order valence-corrected chi connectivity index (χ3v) is 4.71. The lowest BCUT2D eigenvalue weighted by Gasteiger charge is -2.34. The number of aromatic nitrogens is 1. The summed E-state index contributed by atoms with van der Waals surface area (Å²) < 4.78 is 0. The van der Waals surface area contributed by atoms with Crippen LogP contribution in [0.1, 0.15) is 35.3 Å². The first-order chi connectivity index (χ1) is 8.65. The van der Waals surface area contributed by atoms with Gasteiger partial charge in [-0.25, -0.2) is 4.98 Å². The highest BCUT2D eigenvalue weighted by Crippen LogP contribution is 2.29. The Bertz CT molecular complexity index is 397. The molecule has 0 aromatic carbocycles. The zero-order chi connectivity index (χ0) is 13.1. The van der Waals surface area contributed by atoms with Crippen molar-refractivity contribution in [2.45, 2.75) is 52.0 Å². The predicted molar refractivity (Wildman–Crippen MR) is 76.7 cm³/mol. The fourth-order valence-corrected chi connectivity index (χ4v) is 3.78. The first-order valence-corrected chi connectivity index (χ1v) is 7.58. The van der Waals surface area contributed by atoms with Gasteiger partial charge < -0.3 is 15.6 Å². The number of nitrogens with two attached hydrogens (primary N) is 1. The van der Waals surface area contributed by atoms with Crippen LogP contribution in [0.25, 0.3) is 0 Å². The summed E-state index contributed by atoms with van der Waals surface area (Å²) in [4.78, 5) is 8.15. The van der Waals surface area contributed by atoms with Crippen LogP contribution in [0.15, 0.2) is 0 Å². The maximum absolute atomic E-state index is 9.89. The van der Waals surface area contributed by atoms with Crippen molar-refractivity contribution in [2.24, 2.45) is 5.73 Å². The average Bonchev–Trinajstić information content (AvgIpc) is 2.77. The number of thiazole rings is 1. The second-order valence-electron chi connectivity index (χ2n) is 4.95. The number of rotatable bonds is 5. The Labute approximate surface area is 113 Å². The topological polar surface area (TPSA) is 62.4 Å². The van der Waals surface area contributed by atoms with Crippen molar-refractivity contribution in [3.8, 4) is 0 Å². The lowest BCUT2D eigenvalue weighted by atomic mass is 9.80. The molecule has 18 heavy (non-hydrogen) atoms. The van der Waals surface area contributed by atoms with Crippen molar-refractivity contribution in [2.75, 3.05) is 6.54 Å². The zero-order valence-electron chi connectivity index (χ0n) is 11.2. The van der Waals surface area contributed by atoms with Gasteiger partial charge in [-0.05, 0) is 39.1 Å². The smallest absolute Gasteiger partial charge is 0.376 e. The number of nitrogens with zero attached hydrogens (tertiary/aromatic N) is 2. The maximum atomic E-state index is 9.89. The standard InChI is InChI=1S/C12H22BN3OS/c1-3-6-16(13(2)17)9-4-5-10-11(7-9)18-12(8-14)15-10/h9,17H,3-8,14H2,1-2H3. The van der Waals surface area contributed by atoms with Crippen molar-refractivity contribution in [3.05, 3.63) is 15.6 Å². The Morgan fingerprint density at radius 2 is 2.39 bits per heavy atom. The highest BCUT2D eigenvalue weighted by Gasteiger charge is 2.29. The molecule has 6 heteroatoms. The lowest BCUT2D eigenvalue weighted by Crippen LogP contribution is -2.47. The summed E-state index contributed by atoms with van der Waals surface area (Å²) in [7, 11) is -0.363. The molecule has 0 saturated heterocycles. The Balaban J connectivity index is 2.09. The zero-order valence-corrected chi connectivity index (χ0v) is 12.0. The molecule has 1 aromatic rings. The minimum Gasteiger partial charge on any atom is -0.437 e. The van der Waals surface area contributed by atoms with E-state index in [-0.39, 0.29) is 7.05 Å². The van der Waals surface area contributed by atoms with Crippen LogP contribution in [0.2, 0.25) is 6.82 Å². The Kier molecular flexibility index (Phi) is 4.78. The Morgan fingerprint density at radius 3 is 3.00 bits per heavy atom. The molecule has 0 spiro atoms. The van der Waals surface area contributed by atoms with E-state index >= 15 is 0 Å². The number of hydrogen-bond donors (Lipinski definition) is 2. The number of hydrogen-bond acceptors (Lipinski definition) is 5. The summed E-state index contributed by atoms with van der Waals surface area (Å²) in [6.45, 7) is 5.52. The fraction of sp³-hybridized carbons (Fsp3) is 0.750. The molecule has 1 aromatic heterocycles. The second-order valence-corrected chi connectivity index (χ2v) is 6.12. The van der Waals surface area contributed by atoms with Crippen LogP contribution in [0.5, 0.6) is 0 Å². The lowest BCUT2D eigenvalue weighted by molar-refractivity contribution is 0.262. The van der Waals surface area contributed by atoms with E-state index in [4.69, 9.17) is 5.73 Å². The van der Waals surface area contributed by atoms with Crippen molar-refractivity contribution < 1.29 is 5.02 Å². The van der Waals surface area contributed by atoms with E-state index in [1.807, 2.05) is 6.82 Å². The molecule has 1 aliphatic rings. The first-order valence-electron chi connectivity index (χ1n) is 6.77. The van der Waals surface area contributed by atoms with E-state index in [1.165, 1.54) is 10.6 Å². The second kappa shape index (κ2) is 6.15. The predicted octanol–water partition coefficient (Wildman–Crippen LogP) is 1.28. The van der Waals surface area contributed by atoms with E-state index in [9.17, 15) is 5.02 Å². The molecule has 0 aliphatic heterocycles. The largest absolute Gasteiger partial charge is 0.437 e. The van der Waals surface area contributed by atoms with E-state index in [2.05, 4.69) is 16.7 Å². The molecule has 100 valence electrons. The monoisotopic (exact) mass is 267 g/mol. The van der Waals surface area contributed by atoms with Gasteiger partial charge in [-0.3, -0.25) is 0 Å². The molecule has 2 rings (SSSR count). The molecule has 0 fully saturated rings. The van der Waals surface area contributed by atoms with Gasteiger partial charge in [-0.1, -0.05) is 6.92 Å². The molecule has 0 saturated carbocycles. The highest BCUT2D eigenvalue weighted by molar-refractivity contribution is 7.11. The van der Waals surface area contributed by atoms with E-state index in [0.717, 1.165) is 37.2 Å². The normalized spacial score (nSPS) is 19.1. The van der Waals surface area contributed by atoms with Gasteiger partial charge in [0.15, 0.2) is 0 Å². The maximum Gasteiger partial charge on any atom is 0.376 e. The summed E-state index contributed by atoms with van der Waals surface area (Å²) >= 11 is 1.74. The van der Waals surface area contributed by atoms with Crippen LogP contribution in [0.3, 0.4) is 0 Å². The molecule has 1 aliphatic carbocycles. The Morgan fingerprint density at radius 1 is 1.61 bits per heavy atom. The van der Waals surface area contributed by atoms with Crippen LogP contribution in [0, 0.1) is 0 Å². The Hall–Kier alpha value is -0.425. The van der Waals surface area contributed by atoms with E-state index < -0.39 is 0 Å². The van der Waals surface area contributed by atoms with Gasteiger partial charge in [0.25, 0.3) is 0 Å². The van der Waals surface area contributed by atoms with Crippen LogP contribution in [0.4, 0.5) is 0 Å². The fourth-order valence-electron chi connectivity index (χ4n) is 2.71. The van der Waals surface area contributed by atoms with Crippen molar-refractivity contribution >= 4 is 18.4 Å². The van der Waals surface area contributed by atoms with Crippen molar-refractivity contribution in [1.82, 2.24) is 9.79 Å². The highest BCUT2D eigenvalue weighted by atomic mass is 32.1. The van der Waals surface area contributed by atoms with E-state index in [1.54, 1.807) is 11.3 Å². The minimum absolute atomic E-state index is 0.363. The van der Waals surface area contributed by atoms with Gasteiger partial charge in [0.1, 0.15) is 5.01 Å². The minimum atomic E-state index is -0.363. The van der Waals surface area contributed by atoms with Gasteiger partial charge in [-0.2, -0.15) is 0 Å². The average molecular weight is 267 g/mol. The van der Waals surface area contributed by atoms with Crippen LogP contribution >= 0.6 is 11.3 Å². The molecule has 0 amide bonds. The molecule has 1 unspecified atom stereocenters. The molecule has 4 nitrogen and oxygen atoms in total. The number of fused-ring (bicyclic) bond motifs is 1. The molecular weight excluding hydrogens is 245 g/mol.